The maximum atomic E-state index is 5.73. The van der Waals surface area contributed by atoms with Crippen LogP contribution in [0.2, 0.25) is 0 Å². The van der Waals surface area contributed by atoms with Gasteiger partial charge in [0.15, 0.2) is 0 Å². The molecular formula is C15H30Cl2O. The summed E-state index contributed by atoms with van der Waals surface area (Å²) in [5.74, 6) is 0. The Labute approximate surface area is 124 Å². The van der Waals surface area contributed by atoms with Crippen molar-refractivity contribution in [3.8, 4) is 0 Å². The molecule has 0 spiro atoms. The van der Waals surface area contributed by atoms with E-state index in [4.69, 9.17) is 27.9 Å². The van der Waals surface area contributed by atoms with E-state index < -0.39 is 4.84 Å². The maximum Gasteiger partial charge on any atom is 0.131 e. The molecule has 0 radical (unpaired) electrons. The minimum absolute atomic E-state index is 0.352. The van der Waals surface area contributed by atoms with E-state index in [9.17, 15) is 0 Å². The summed E-state index contributed by atoms with van der Waals surface area (Å²) in [5, 5.41) is 0. The van der Waals surface area contributed by atoms with E-state index in [2.05, 4.69) is 13.8 Å². The quantitative estimate of drug-likeness (QED) is 0.294. The molecule has 0 aliphatic heterocycles. The summed E-state index contributed by atoms with van der Waals surface area (Å²) in [6.45, 7) is 4.91. The van der Waals surface area contributed by atoms with E-state index in [0.717, 1.165) is 19.3 Å². The summed E-state index contributed by atoms with van der Waals surface area (Å²) >= 11 is 11.4. The van der Waals surface area contributed by atoms with Crippen LogP contribution in [-0.4, -0.2) is 17.5 Å². The van der Waals surface area contributed by atoms with Gasteiger partial charge in [0.05, 0.1) is 12.7 Å². The summed E-state index contributed by atoms with van der Waals surface area (Å²) in [6.07, 6.45) is 13.3. The Hall–Kier alpha value is 0.540. The largest absolute Gasteiger partial charge is 0.375 e. The molecule has 0 aliphatic carbocycles. The van der Waals surface area contributed by atoms with Crippen LogP contribution in [0.1, 0.15) is 78.1 Å². The van der Waals surface area contributed by atoms with Gasteiger partial charge in [-0.3, -0.25) is 0 Å². The molecule has 0 saturated heterocycles. The first kappa shape index (κ1) is 18.5. The summed E-state index contributed by atoms with van der Waals surface area (Å²) in [4.78, 5) is -0.390. The predicted octanol–water partition coefficient (Wildman–Crippen LogP) is 6.12. The first-order valence-corrected chi connectivity index (χ1v) is 8.47. The highest BCUT2D eigenvalue weighted by molar-refractivity contribution is 6.44. The second-order valence-corrected chi connectivity index (χ2v) is 6.32. The highest BCUT2D eigenvalue weighted by Gasteiger charge is 2.09. The van der Waals surface area contributed by atoms with Gasteiger partial charge < -0.3 is 4.74 Å². The normalized spacial score (nSPS) is 13.2. The first-order chi connectivity index (χ1) is 8.70. The lowest BCUT2D eigenvalue weighted by molar-refractivity contribution is 0.0462. The summed E-state index contributed by atoms with van der Waals surface area (Å²) in [7, 11) is 0. The Balaban J connectivity index is 3.45. The Morgan fingerprint density at radius 3 is 1.94 bits per heavy atom. The maximum absolute atomic E-state index is 5.73. The molecule has 1 atom stereocenters. The lowest BCUT2D eigenvalue weighted by Gasteiger charge is -2.17. The molecule has 0 amide bonds. The van der Waals surface area contributed by atoms with Crippen molar-refractivity contribution in [2.45, 2.75) is 89.0 Å². The lowest BCUT2D eigenvalue weighted by atomic mass is 10.0. The Kier molecular flexibility index (Phi) is 14.4. The summed E-state index contributed by atoms with van der Waals surface area (Å²) in [5.41, 5.74) is 0. The number of alkyl halides is 2. The minimum Gasteiger partial charge on any atom is -0.375 e. The van der Waals surface area contributed by atoms with Gasteiger partial charge in [0, 0.05) is 0 Å². The van der Waals surface area contributed by atoms with Crippen molar-refractivity contribution in [1.82, 2.24) is 0 Å². The van der Waals surface area contributed by atoms with Gasteiger partial charge in [-0.25, -0.2) is 0 Å². The Morgan fingerprint density at radius 2 is 1.39 bits per heavy atom. The van der Waals surface area contributed by atoms with Crippen LogP contribution >= 0.6 is 23.2 Å². The van der Waals surface area contributed by atoms with Crippen molar-refractivity contribution in [2.24, 2.45) is 0 Å². The molecule has 0 bridgehead atoms. The molecule has 0 aromatic heterocycles. The minimum atomic E-state index is -0.390. The van der Waals surface area contributed by atoms with Crippen molar-refractivity contribution in [2.75, 3.05) is 6.61 Å². The highest BCUT2D eigenvalue weighted by Crippen LogP contribution is 2.15. The third-order valence-corrected chi connectivity index (χ3v) is 3.45. The Morgan fingerprint density at radius 1 is 0.778 bits per heavy atom. The number of hydrogen-bond donors (Lipinski definition) is 0. The molecule has 0 aromatic carbocycles. The third kappa shape index (κ3) is 13.0. The molecule has 0 heterocycles. The van der Waals surface area contributed by atoms with Gasteiger partial charge in [0.25, 0.3) is 0 Å². The number of hydrogen-bond acceptors (Lipinski definition) is 1. The molecule has 0 N–H and O–H groups in total. The third-order valence-electron chi connectivity index (χ3n) is 3.20. The molecule has 0 fully saturated rings. The molecule has 0 rings (SSSR count). The lowest BCUT2D eigenvalue weighted by Crippen LogP contribution is -2.16. The zero-order valence-electron chi connectivity index (χ0n) is 12.1. The fourth-order valence-corrected chi connectivity index (χ4v) is 2.32. The monoisotopic (exact) mass is 296 g/mol. The van der Waals surface area contributed by atoms with Gasteiger partial charge in [-0.2, -0.15) is 0 Å². The van der Waals surface area contributed by atoms with Crippen LogP contribution < -0.4 is 0 Å². The van der Waals surface area contributed by atoms with E-state index in [1.165, 1.54) is 44.9 Å². The zero-order valence-corrected chi connectivity index (χ0v) is 13.6. The van der Waals surface area contributed by atoms with Crippen LogP contribution in [0.4, 0.5) is 0 Å². The van der Waals surface area contributed by atoms with Crippen molar-refractivity contribution in [3.63, 3.8) is 0 Å². The Bertz CT molecular complexity index is 163. The number of rotatable bonds is 13. The molecule has 1 unspecified atom stereocenters. The molecule has 1 nitrogen and oxygen atoms in total. The van der Waals surface area contributed by atoms with Crippen molar-refractivity contribution < 1.29 is 4.74 Å². The van der Waals surface area contributed by atoms with Crippen LogP contribution in [0.5, 0.6) is 0 Å². The topological polar surface area (TPSA) is 9.23 Å². The van der Waals surface area contributed by atoms with Gasteiger partial charge in [-0.05, 0) is 12.8 Å². The number of halogens is 2. The fraction of sp³-hybridized carbons (Fsp3) is 1.00. The first-order valence-electron chi connectivity index (χ1n) is 7.60. The number of unbranched alkanes of at least 4 members (excludes halogenated alkanes) is 6. The second kappa shape index (κ2) is 14.0. The van der Waals surface area contributed by atoms with E-state index in [1.54, 1.807) is 0 Å². The average molecular weight is 297 g/mol. The summed E-state index contributed by atoms with van der Waals surface area (Å²) < 4.78 is 5.73. The molecule has 0 saturated carbocycles. The molecular weight excluding hydrogens is 267 g/mol. The highest BCUT2D eigenvalue weighted by atomic mass is 35.5. The number of ether oxygens (including phenoxy) is 1. The van der Waals surface area contributed by atoms with Gasteiger partial charge >= 0.3 is 0 Å². The van der Waals surface area contributed by atoms with Crippen molar-refractivity contribution in [3.05, 3.63) is 0 Å². The van der Waals surface area contributed by atoms with Gasteiger partial charge in [0.1, 0.15) is 4.84 Å². The van der Waals surface area contributed by atoms with E-state index in [0.29, 0.717) is 12.7 Å². The van der Waals surface area contributed by atoms with Crippen LogP contribution in [0, 0.1) is 0 Å². The summed E-state index contributed by atoms with van der Waals surface area (Å²) in [6, 6.07) is 0. The van der Waals surface area contributed by atoms with Gasteiger partial charge in [-0.1, -0.05) is 65.2 Å². The van der Waals surface area contributed by atoms with E-state index in [-0.39, 0.29) is 0 Å². The molecule has 3 heteroatoms. The SMILES string of the molecule is CCCCCCCCCC(CCC)OCC(Cl)Cl. The fourth-order valence-electron chi connectivity index (χ4n) is 2.17. The van der Waals surface area contributed by atoms with Crippen LogP contribution in [0.15, 0.2) is 0 Å². The van der Waals surface area contributed by atoms with Crippen LogP contribution in [0.3, 0.4) is 0 Å². The standard InChI is InChI=1S/C15H30Cl2O/c1-3-5-6-7-8-9-10-12-14(11-4-2)18-13-15(16)17/h14-15H,3-13H2,1-2H3. The molecule has 110 valence electrons. The van der Waals surface area contributed by atoms with E-state index in [1.807, 2.05) is 0 Å². The smallest absolute Gasteiger partial charge is 0.131 e. The van der Waals surface area contributed by atoms with Crippen molar-refractivity contribution >= 4 is 23.2 Å². The zero-order chi connectivity index (χ0) is 13.6. The van der Waals surface area contributed by atoms with Gasteiger partial charge in [0.2, 0.25) is 0 Å². The van der Waals surface area contributed by atoms with Crippen LogP contribution in [-0.2, 0) is 4.74 Å². The van der Waals surface area contributed by atoms with Crippen LogP contribution in [0.25, 0.3) is 0 Å². The second-order valence-electron chi connectivity index (χ2n) is 5.05. The molecule has 18 heavy (non-hydrogen) atoms. The average Bonchev–Trinajstić information content (AvgIpc) is 2.34. The molecule has 0 aliphatic rings. The van der Waals surface area contributed by atoms with Crippen molar-refractivity contribution in [1.29, 1.82) is 0 Å². The molecule has 0 aromatic rings. The van der Waals surface area contributed by atoms with E-state index >= 15 is 0 Å². The predicted molar refractivity (Wildman–Crippen MR) is 82.8 cm³/mol. The van der Waals surface area contributed by atoms with Gasteiger partial charge in [-0.15, -0.1) is 23.2 Å².